The Kier molecular flexibility index (Phi) is 3.15. The van der Waals surface area contributed by atoms with Crippen LogP contribution in [-0.2, 0) is 0 Å². The van der Waals surface area contributed by atoms with E-state index in [1.54, 1.807) is 0 Å². The van der Waals surface area contributed by atoms with Crippen molar-refractivity contribution >= 4 is 22.7 Å². The molecule has 0 bridgehead atoms. The Balaban J connectivity index is 2.01. The van der Waals surface area contributed by atoms with Crippen LogP contribution in [0.4, 0.5) is 10.6 Å². The van der Waals surface area contributed by atoms with Crippen molar-refractivity contribution in [1.82, 2.24) is 4.98 Å². The summed E-state index contributed by atoms with van der Waals surface area (Å²) in [6.07, 6.45) is 6.39. The fraction of sp³-hybridized carbons (Fsp3) is 0.400. The highest BCUT2D eigenvalue weighted by atomic mass is 16.4. The van der Waals surface area contributed by atoms with Crippen LogP contribution in [0.1, 0.15) is 32.1 Å². The maximum absolute atomic E-state index is 11.6. The molecule has 1 heterocycles. The molecule has 1 aromatic carbocycles. The Hall–Kier alpha value is -1.97. The molecule has 0 saturated heterocycles. The first-order valence-corrected chi connectivity index (χ1v) is 6.85. The SMILES string of the molecule is O=C(O)N(c1[nH]cc2ccccc12)C1CCCCC1. The Morgan fingerprint density at radius 1 is 1.21 bits per heavy atom. The van der Waals surface area contributed by atoms with Crippen molar-refractivity contribution in [3.63, 3.8) is 0 Å². The van der Waals surface area contributed by atoms with Crippen molar-refractivity contribution < 1.29 is 9.90 Å². The molecule has 0 radical (unpaired) electrons. The van der Waals surface area contributed by atoms with Crippen LogP contribution in [0.25, 0.3) is 10.8 Å². The van der Waals surface area contributed by atoms with Crippen LogP contribution >= 0.6 is 0 Å². The quantitative estimate of drug-likeness (QED) is 0.855. The van der Waals surface area contributed by atoms with Crippen molar-refractivity contribution in [3.8, 4) is 0 Å². The number of amides is 1. The average molecular weight is 258 g/mol. The molecule has 0 unspecified atom stereocenters. The third-order valence-corrected chi connectivity index (χ3v) is 3.97. The third-order valence-electron chi connectivity index (χ3n) is 3.97. The number of carboxylic acid groups (broad SMARTS) is 1. The smallest absolute Gasteiger partial charge is 0.413 e. The largest absolute Gasteiger partial charge is 0.465 e. The van der Waals surface area contributed by atoms with E-state index in [9.17, 15) is 9.90 Å². The maximum Gasteiger partial charge on any atom is 0.413 e. The van der Waals surface area contributed by atoms with Crippen molar-refractivity contribution in [2.75, 3.05) is 4.90 Å². The van der Waals surface area contributed by atoms with E-state index >= 15 is 0 Å². The first kappa shape index (κ1) is 12.1. The molecule has 1 aliphatic rings. The molecule has 2 aromatic rings. The summed E-state index contributed by atoms with van der Waals surface area (Å²) in [6, 6.07) is 7.98. The maximum atomic E-state index is 11.6. The monoisotopic (exact) mass is 258 g/mol. The van der Waals surface area contributed by atoms with Gasteiger partial charge in [0.1, 0.15) is 5.82 Å². The normalized spacial score (nSPS) is 16.6. The van der Waals surface area contributed by atoms with Crippen molar-refractivity contribution in [1.29, 1.82) is 0 Å². The minimum absolute atomic E-state index is 0.105. The number of H-pyrrole nitrogens is 1. The van der Waals surface area contributed by atoms with Gasteiger partial charge < -0.3 is 10.1 Å². The summed E-state index contributed by atoms with van der Waals surface area (Å²) in [5, 5.41) is 11.6. The summed E-state index contributed by atoms with van der Waals surface area (Å²) in [6.45, 7) is 0. The zero-order chi connectivity index (χ0) is 13.2. The second kappa shape index (κ2) is 4.96. The van der Waals surface area contributed by atoms with Crippen LogP contribution in [0.2, 0.25) is 0 Å². The molecule has 0 aliphatic heterocycles. The van der Waals surface area contributed by atoms with Gasteiger partial charge in [-0.3, -0.25) is 4.90 Å². The summed E-state index contributed by atoms with van der Waals surface area (Å²) in [5.41, 5.74) is 0. The van der Waals surface area contributed by atoms with Crippen molar-refractivity contribution in [3.05, 3.63) is 30.5 Å². The van der Waals surface area contributed by atoms with Gasteiger partial charge in [-0.25, -0.2) is 4.79 Å². The summed E-state index contributed by atoms with van der Waals surface area (Å²) in [5.74, 6) is 0.718. The summed E-state index contributed by atoms with van der Waals surface area (Å²) < 4.78 is 0. The lowest BCUT2D eigenvalue weighted by Crippen LogP contribution is -2.41. The van der Waals surface area contributed by atoms with Crippen molar-refractivity contribution in [2.24, 2.45) is 0 Å². The van der Waals surface area contributed by atoms with Gasteiger partial charge in [-0.15, -0.1) is 0 Å². The molecule has 19 heavy (non-hydrogen) atoms. The van der Waals surface area contributed by atoms with Gasteiger partial charge >= 0.3 is 6.09 Å². The highest BCUT2D eigenvalue weighted by Gasteiger charge is 2.28. The molecule has 1 aromatic heterocycles. The zero-order valence-electron chi connectivity index (χ0n) is 10.8. The number of nitrogens with zero attached hydrogens (tertiary/aromatic N) is 1. The number of aromatic amines is 1. The van der Waals surface area contributed by atoms with E-state index < -0.39 is 6.09 Å². The van der Waals surface area contributed by atoms with E-state index in [0.717, 1.165) is 42.3 Å². The van der Waals surface area contributed by atoms with Crippen molar-refractivity contribution in [2.45, 2.75) is 38.1 Å². The fourth-order valence-corrected chi connectivity index (χ4v) is 3.04. The van der Waals surface area contributed by atoms with E-state index in [2.05, 4.69) is 4.98 Å². The summed E-state index contributed by atoms with van der Waals surface area (Å²) in [4.78, 5) is 16.3. The first-order valence-electron chi connectivity index (χ1n) is 6.85. The molecular weight excluding hydrogens is 240 g/mol. The van der Waals surface area contributed by atoms with Gasteiger partial charge in [0, 0.05) is 23.0 Å². The zero-order valence-corrected chi connectivity index (χ0v) is 10.8. The minimum Gasteiger partial charge on any atom is -0.465 e. The molecule has 1 saturated carbocycles. The number of rotatable bonds is 2. The van der Waals surface area contributed by atoms with E-state index in [1.165, 1.54) is 11.3 Å². The summed E-state index contributed by atoms with van der Waals surface area (Å²) >= 11 is 0. The molecule has 0 spiro atoms. The lowest BCUT2D eigenvalue weighted by molar-refractivity contribution is 0.196. The van der Waals surface area contributed by atoms with Crippen LogP contribution in [0.3, 0.4) is 0 Å². The number of anilines is 1. The Labute approximate surface area is 112 Å². The third kappa shape index (κ3) is 2.18. The number of aromatic nitrogens is 1. The highest BCUT2D eigenvalue weighted by molar-refractivity contribution is 6.00. The first-order chi connectivity index (χ1) is 9.27. The van der Waals surface area contributed by atoms with Gasteiger partial charge in [0.15, 0.2) is 0 Å². The Bertz CT molecular complexity index is 585. The average Bonchev–Trinajstić information content (AvgIpc) is 2.84. The topological polar surface area (TPSA) is 56.3 Å². The molecule has 1 amide bonds. The molecule has 1 aliphatic carbocycles. The van der Waals surface area contributed by atoms with Gasteiger partial charge in [-0.05, 0) is 12.8 Å². The van der Waals surface area contributed by atoms with Gasteiger partial charge in [0.05, 0.1) is 0 Å². The van der Waals surface area contributed by atoms with Gasteiger partial charge in [-0.2, -0.15) is 0 Å². The van der Waals surface area contributed by atoms with Crippen LogP contribution in [0.15, 0.2) is 30.5 Å². The number of fused-ring (bicyclic) bond motifs is 1. The van der Waals surface area contributed by atoms with E-state index in [1.807, 2.05) is 30.5 Å². The lowest BCUT2D eigenvalue weighted by atomic mass is 9.94. The van der Waals surface area contributed by atoms with Crippen LogP contribution in [0.5, 0.6) is 0 Å². The molecule has 3 rings (SSSR count). The second-order valence-electron chi connectivity index (χ2n) is 5.17. The summed E-state index contributed by atoms with van der Waals surface area (Å²) in [7, 11) is 0. The number of hydrogen-bond acceptors (Lipinski definition) is 1. The predicted octanol–water partition coefficient (Wildman–Crippen LogP) is 3.99. The molecule has 1 fully saturated rings. The van der Waals surface area contributed by atoms with Crippen LogP contribution < -0.4 is 4.90 Å². The number of benzene rings is 1. The lowest BCUT2D eigenvalue weighted by Gasteiger charge is -2.31. The Morgan fingerprint density at radius 2 is 1.95 bits per heavy atom. The van der Waals surface area contributed by atoms with E-state index in [-0.39, 0.29) is 6.04 Å². The number of nitrogens with one attached hydrogen (secondary N) is 1. The molecule has 0 atom stereocenters. The van der Waals surface area contributed by atoms with Crippen LogP contribution in [-0.4, -0.2) is 22.2 Å². The van der Waals surface area contributed by atoms with Gasteiger partial charge in [-0.1, -0.05) is 43.5 Å². The highest BCUT2D eigenvalue weighted by Crippen LogP contribution is 2.31. The second-order valence-corrected chi connectivity index (χ2v) is 5.17. The molecule has 4 heteroatoms. The minimum atomic E-state index is -0.862. The van der Waals surface area contributed by atoms with Gasteiger partial charge in [0.2, 0.25) is 0 Å². The van der Waals surface area contributed by atoms with E-state index in [0.29, 0.717) is 0 Å². The molecule has 4 nitrogen and oxygen atoms in total. The number of carbonyl (C=O) groups is 1. The number of hydrogen-bond donors (Lipinski definition) is 2. The standard InChI is InChI=1S/C15H18N2O2/c18-15(19)17(12-7-2-1-3-8-12)14-13-9-5-4-6-11(13)10-16-14/h4-6,9-10,12,16H,1-3,7-8H2,(H,18,19). The van der Waals surface area contributed by atoms with Crippen LogP contribution in [0, 0.1) is 0 Å². The molecular formula is C15H18N2O2. The fourth-order valence-electron chi connectivity index (χ4n) is 3.04. The molecule has 100 valence electrons. The van der Waals surface area contributed by atoms with E-state index in [4.69, 9.17) is 0 Å². The van der Waals surface area contributed by atoms with Gasteiger partial charge in [0.25, 0.3) is 0 Å². The Morgan fingerprint density at radius 3 is 2.68 bits per heavy atom. The molecule has 2 N–H and O–H groups in total. The predicted molar refractivity (Wildman–Crippen MR) is 75.7 cm³/mol.